The maximum Gasteiger partial charge on any atom is 0.220 e. The minimum Gasteiger partial charge on any atom is -0.507 e. The molecule has 1 amide bonds. The predicted octanol–water partition coefficient (Wildman–Crippen LogP) is 1.05. The van der Waals surface area contributed by atoms with E-state index in [1.807, 2.05) is 23.9 Å². The van der Waals surface area contributed by atoms with Crippen molar-refractivity contribution in [1.82, 2.24) is 10.2 Å². The number of aromatic hydroxyl groups is 1. The second-order valence-electron chi connectivity index (χ2n) is 5.81. The molecule has 6 nitrogen and oxygen atoms in total. The van der Waals surface area contributed by atoms with Crippen molar-refractivity contribution in [1.29, 1.82) is 0 Å². The van der Waals surface area contributed by atoms with Gasteiger partial charge in [0, 0.05) is 25.3 Å². The zero-order valence-corrected chi connectivity index (χ0v) is 14.0. The van der Waals surface area contributed by atoms with Crippen molar-refractivity contribution in [2.45, 2.75) is 24.4 Å². The Hall–Kier alpha value is -1.73. The predicted molar refractivity (Wildman–Crippen MR) is 90.9 cm³/mol. The number of nitrogens with zero attached hydrogens (tertiary/aromatic N) is 2. The number of para-hydroxylation sites is 1. The number of thioether (sulfide) groups is 1. The standard InChI is InChI=1S/C16H21N3O3S/c1-10(20)17-7-11-9-23-16(19(11)2)13-8-22-15(18-13)12-5-3-4-6-14(12)21/h3-6,11,13,16,21H,7-9H2,1-2H3,(H,17,20)/t11-,13-,16-/m0/s1. The van der Waals surface area contributed by atoms with Crippen molar-refractivity contribution in [3.63, 3.8) is 0 Å². The number of phenolic OH excluding ortho intramolecular Hbond substituents is 1. The molecule has 0 radical (unpaired) electrons. The lowest BCUT2D eigenvalue weighted by Gasteiger charge is -2.26. The van der Waals surface area contributed by atoms with Crippen LogP contribution in [0.3, 0.4) is 0 Å². The van der Waals surface area contributed by atoms with E-state index < -0.39 is 0 Å². The van der Waals surface area contributed by atoms with Crippen molar-refractivity contribution in [2.24, 2.45) is 4.99 Å². The van der Waals surface area contributed by atoms with Gasteiger partial charge in [-0.05, 0) is 19.2 Å². The molecule has 1 fully saturated rings. The quantitative estimate of drug-likeness (QED) is 0.860. The summed E-state index contributed by atoms with van der Waals surface area (Å²) in [5, 5.41) is 13.0. The Bertz CT molecular complexity index is 622. The van der Waals surface area contributed by atoms with Gasteiger partial charge in [-0.3, -0.25) is 9.69 Å². The normalized spacial score (nSPS) is 27.6. The van der Waals surface area contributed by atoms with E-state index in [1.165, 1.54) is 6.92 Å². The van der Waals surface area contributed by atoms with Crippen LogP contribution in [0.2, 0.25) is 0 Å². The van der Waals surface area contributed by atoms with Gasteiger partial charge in [0.05, 0.1) is 10.9 Å². The Morgan fingerprint density at radius 3 is 3.04 bits per heavy atom. The Kier molecular flexibility index (Phi) is 4.77. The first-order chi connectivity index (χ1) is 11.1. The van der Waals surface area contributed by atoms with Crippen LogP contribution in [0.1, 0.15) is 12.5 Å². The molecule has 7 heteroatoms. The minimum absolute atomic E-state index is 0.00379. The van der Waals surface area contributed by atoms with Crippen molar-refractivity contribution >= 4 is 23.6 Å². The number of hydrogen-bond acceptors (Lipinski definition) is 6. The summed E-state index contributed by atoms with van der Waals surface area (Å²) >= 11 is 1.83. The van der Waals surface area contributed by atoms with E-state index in [0.717, 1.165) is 5.75 Å². The third-order valence-electron chi connectivity index (χ3n) is 4.16. The molecule has 1 aromatic carbocycles. The SMILES string of the molecule is CC(=O)NC[C@H]1CS[C@@H]([C@@H]2COC(c3ccccc3O)=N2)N1C. The molecule has 1 saturated heterocycles. The Balaban J connectivity index is 1.67. The molecule has 0 aromatic heterocycles. The zero-order chi connectivity index (χ0) is 16.4. The van der Waals surface area contributed by atoms with E-state index in [-0.39, 0.29) is 23.1 Å². The highest BCUT2D eigenvalue weighted by molar-refractivity contribution is 8.00. The van der Waals surface area contributed by atoms with Gasteiger partial charge in [0.2, 0.25) is 11.8 Å². The highest BCUT2D eigenvalue weighted by Crippen LogP contribution is 2.33. The van der Waals surface area contributed by atoms with Gasteiger partial charge in [-0.2, -0.15) is 0 Å². The molecule has 0 saturated carbocycles. The third kappa shape index (κ3) is 3.45. The van der Waals surface area contributed by atoms with Crippen LogP contribution in [-0.2, 0) is 9.53 Å². The van der Waals surface area contributed by atoms with Gasteiger partial charge in [-0.15, -0.1) is 11.8 Å². The summed E-state index contributed by atoms with van der Waals surface area (Å²) in [4.78, 5) is 18.0. The lowest BCUT2D eigenvalue weighted by molar-refractivity contribution is -0.119. The van der Waals surface area contributed by atoms with E-state index >= 15 is 0 Å². The molecule has 3 atom stereocenters. The fourth-order valence-corrected chi connectivity index (χ4v) is 4.38. The molecule has 2 N–H and O–H groups in total. The Morgan fingerprint density at radius 1 is 1.52 bits per heavy atom. The van der Waals surface area contributed by atoms with Gasteiger partial charge >= 0.3 is 0 Å². The van der Waals surface area contributed by atoms with Crippen molar-refractivity contribution < 1.29 is 14.6 Å². The van der Waals surface area contributed by atoms with E-state index in [2.05, 4.69) is 22.3 Å². The van der Waals surface area contributed by atoms with E-state index in [1.54, 1.807) is 12.1 Å². The molecule has 0 spiro atoms. The molecule has 23 heavy (non-hydrogen) atoms. The fraction of sp³-hybridized carbons (Fsp3) is 0.500. The van der Waals surface area contributed by atoms with Gasteiger partial charge < -0.3 is 15.2 Å². The lowest BCUT2D eigenvalue weighted by atomic mass is 10.2. The van der Waals surface area contributed by atoms with Crippen LogP contribution in [-0.4, -0.2) is 65.2 Å². The first kappa shape index (κ1) is 16.1. The number of likely N-dealkylation sites (N-methyl/N-ethyl adjacent to an activating group) is 1. The van der Waals surface area contributed by atoms with Gasteiger partial charge in [-0.1, -0.05) is 12.1 Å². The summed E-state index contributed by atoms with van der Waals surface area (Å²) in [6, 6.07) is 7.41. The van der Waals surface area contributed by atoms with Crippen LogP contribution in [0.15, 0.2) is 29.3 Å². The maximum atomic E-state index is 11.1. The number of carbonyl (C=O) groups excluding carboxylic acids is 1. The van der Waals surface area contributed by atoms with Crippen LogP contribution in [0.5, 0.6) is 5.75 Å². The van der Waals surface area contributed by atoms with Crippen LogP contribution < -0.4 is 5.32 Å². The number of nitrogens with one attached hydrogen (secondary N) is 1. The minimum atomic E-state index is -0.00379. The topological polar surface area (TPSA) is 74.2 Å². The molecule has 2 aliphatic heterocycles. The van der Waals surface area contributed by atoms with Gasteiger partial charge in [0.25, 0.3) is 0 Å². The van der Waals surface area contributed by atoms with Gasteiger partial charge in [0.1, 0.15) is 18.4 Å². The highest BCUT2D eigenvalue weighted by Gasteiger charge is 2.39. The number of hydrogen-bond donors (Lipinski definition) is 2. The third-order valence-corrected chi connectivity index (χ3v) is 5.73. The average Bonchev–Trinajstić information content (AvgIpc) is 3.12. The van der Waals surface area contributed by atoms with Crippen molar-refractivity contribution in [3.05, 3.63) is 29.8 Å². The van der Waals surface area contributed by atoms with E-state index in [9.17, 15) is 9.90 Å². The molecule has 0 unspecified atom stereocenters. The number of carbonyl (C=O) groups is 1. The monoisotopic (exact) mass is 335 g/mol. The number of phenols is 1. The molecule has 124 valence electrons. The van der Waals surface area contributed by atoms with Crippen LogP contribution in [0.25, 0.3) is 0 Å². The molecule has 0 aliphatic carbocycles. The van der Waals surface area contributed by atoms with Gasteiger partial charge in [0.15, 0.2) is 0 Å². The fourth-order valence-electron chi connectivity index (χ4n) is 2.84. The molecule has 2 aliphatic rings. The van der Waals surface area contributed by atoms with Crippen LogP contribution in [0, 0.1) is 0 Å². The van der Waals surface area contributed by atoms with E-state index in [0.29, 0.717) is 30.7 Å². The summed E-state index contributed by atoms with van der Waals surface area (Å²) < 4.78 is 5.71. The second-order valence-corrected chi connectivity index (χ2v) is 6.96. The molecule has 0 bridgehead atoms. The average molecular weight is 335 g/mol. The molecular weight excluding hydrogens is 314 g/mol. The zero-order valence-electron chi connectivity index (χ0n) is 13.2. The smallest absolute Gasteiger partial charge is 0.220 e. The van der Waals surface area contributed by atoms with E-state index in [4.69, 9.17) is 4.74 Å². The lowest BCUT2D eigenvalue weighted by Crippen LogP contribution is -2.44. The van der Waals surface area contributed by atoms with Gasteiger partial charge in [-0.25, -0.2) is 4.99 Å². The Labute approximate surface area is 139 Å². The summed E-state index contributed by atoms with van der Waals surface area (Å²) in [5.74, 6) is 1.64. The molecule has 1 aromatic rings. The van der Waals surface area contributed by atoms with Crippen LogP contribution in [0.4, 0.5) is 0 Å². The summed E-state index contributed by atoms with van der Waals surface area (Å²) in [6.45, 7) is 2.70. The first-order valence-corrected chi connectivity index (χ1v) is 8.68. The Morgan fingerprint density at radius 2 is 2.30 bits per heavy atom. The molecule has 2 heterocycles. The number of ether oxygens (including phenoxy) is 1. The number of benzene rings is 1. The first-order valence-electron chi connectivity index (χ1n) is 7.63. The maximum absolute atomic E-state index is 11.1. The number of rotatable bonds is 4. The highest BCUT2D eigenvalue weighted by atomic mass is 32.2. The molecular formula is C16H21N3O3S. The molecule has 3 rings (SSSR count). The largest absolute Gasteiger partial charge is 0.507 e. The van der Waals surface area contributed by atoms with Crippen molar-refractivity contribution in [2.75, 3.05) is 26.0 Å². The van der Waals surface area contributed by atoms with Crippen LogP contribution >= 0.6 is 11.8 Å². The summed E-state index contributed by atoms with van der Waals surface area (Å²) in [6.07, 6.45) is 0. The summed E-state index contributed by atoms with van der Waals surface area (Å²) in [5.41, 5.74) is 0.635. The summed E-state index contributed by atoms with van der Waals surface area (Å²) in [7, 11) is 2.06. The van der Waals surface area contributed by atoms with Crippen molar-refractivity contribution in [3.8, 4) is 5.75 Å². The number of amides is 1. The second kappa shape index (κ2) is 6.80. The number of aliphatic imine (C=N–C) groups is 1.